The number of halogens is 4. The van der Waals surface area contributed by atoms with Crippen molar-refractivity contribution in [2.45, 2.75) is 20.0 Å². The van der Waals surface area contributed by atoms with E-state index in [2.05, 4.69) is 15.9 Å². The van der Waals surface area contributed by atoms with Gasteiger partial charge in [-0.15, -0.1) is 0 Å². The monoisotopic (exact) mass is 356 g/mol. The van der Waals surface area contributed by atoms with Gasteiger partial charge in [0.05, 0.1) is 5.56 Å². The van der Waals surface area contributed by atoms with E-state index in [9.17, 15) is 18.0 Å². The first-order valence-electron chi connectivity index (χ1n) is 6.19. The van der Waals surface area contributed by atoms with Crippen LogP contribution < -0.4 is 0 Å². The average Bonchev–Trinajstić information content (AvgIpc) is 2.36. The van der Waals surface area contributed by atoms with Crippen LogP contribution in [-0.4, -0.2) is 5.78 Å². The van der Waals surface area contributed by atoms with Crippen LogP contribution in [0.2, 0.25) is 0 Å². The molecule has 0 saturated carbocycles. The van der Waals surface area contributed by atoms with E-state index in [-0.39, 0.29) is 11.3 Å². The lowest BCUT2D eigenvalue weighted by atomic mass is 9.95. The summed E-state index contributed by atoms with van der Waals surface area (Å²) in [5.74, 6) is -0.272. The number of carbonyl (C=O) groups is 1. The molecule has 0 aliphatic rings. The normalized spacial score (nSPS) is 11.5. The molecule has 0 atom stereocenters. The van der Waals surface area contributed by atoms with Crippen molar-refractivity contribution in [3.8, 4) is 0 Å². The lowest BCUT2D eigenvalue weighted by Crippen LogP contribution is -2.09. The second kappa shape index (κ2) is 5.64. The van der Waals surface area contributed by atoms with Crippen LogP contribution in [0.25, 0.3) is 0 Å². The molecule has 0 fully saturated rings. The molecule has 0 aliphatic carbocycles. The van der Waals surface area contributed by atoms with Gasteiger partial charge in [-0.25, -0.2) is 0 Å². The number of rotatable bonds is 2. The van der Waals surface area contributed by atoms with Crippen LogP contribution in [0.15, 0.2) is 40.9 Å². The fraction of sp³-hybridized carbons (Fsp3) is 0.188. The highest BCUT2D eigenvalue weighted by atomic mass is 79.9. The van der Waals surface area contributed by atoms with Gasteiger partial charge >= 0.3 is 6.18 Å². The zero-order valence-electron chi connectivity index (χ0n) is 11.4. The zero-order valence-corrected chi connectivity index (χ0v) is 13.0. The number of hydrogen-bond donors (Lipinski definition) is 0. The highest BCUT2D eigenvalue weighted by molar-refractivity contribution is 9.10. The third-order valence-electron chi connectivity index (χ3n) is 3.23. The molecule has 2 aromatic carbocycles. The molecule has 21 heavy (non-hydrogen) atoms. The Hall–Kier alpha value is -1.62. The maximum Gasteiger partial charge on any atom is 0.416 e. The minimum Gasteiger partial charge on any atom is -0.289 e. The van der Waals surface area contributed by atoms with E-state index in [0.29, 0.717) is 11.1 Å². The van der Waals surface area contributed by atoms with E-state index in [4.69, 9.17) is 0 Å². The molecule has 2 aromatic rings. The van der Waals surface area contributed by atoms with Crippen molar-refractivity contribution in [3.63, 3.8) is 0 Å². The molecule has 1 nitrogen and oxygen atoms in total. The lowest BCUT2D eigenvalue weighted by Gasteiger charge is -2.11. The molecule has 0 radical (unpaired) electrons. The number of alkyl halides is 3. The Morgan fingerprint density at radius 1 is 0.952 bits per heavy atom. The Morgan fingerprint density at radius 3 is 1.95 bits per heavy atom. The molecule has 0 bridgehead atoms. The number of benzene rings is 2. The molecule has 2 rings (SSSR count). The molecule has 0 amide bonds. The van der Waals surface area contributed by atoms with Crippen molar-refractivity contribution < 1.29 is 18.0 Å². The van der Waals surface area contributed by atoms with Crippen molar-refractivity contribution in [2.75, 3.05) is 0 Å². The Kier molecular flexibility index (Phi) is 4.23. The van der Waals surface area contributed by atoms with E-state index in [0.717, 1.165) is 22.2 Å². The van der Waals surface area contributed by atoms with Crippen molar-refractivity contribution in [3.05, 3.63) is 68.7 Å². The van der Waals surface area contributed by atoms with E-state index >= 15 is 0 Å². The highest BCUT2D eigenvalue weighted by Gasteiger charge is 2.31. The molecule has 0 spiro atoms. The van der Waals surface area contributed by atoms with Gasteiger partial charge in [-0.2, -0.15) is 13.2 Å². The van der Waals surface area contributed by atoms with E-state index in [1.165, 1.54) is 13.0 Å². The molecular weight excluding hydrogens is 345 g/mol. The van der Waals surface area contributed by atoms with Gasteiger partial charge in [0.25, 0.3) is 0 Å². The minimum atomic E-state index is -4.40. The van der Waals surface area contributed by atoms with Gasteiger partial charge in [-0.05, 0) is 55.3 Å². The molecule has 0 aliphatic heterocycles. The summed E-state index contributed by atoms with van der Waals surface area (Å²) in [5, 5.41) is 0. The van der Waals surface area contributed by atoms with Gasteiger partial charge in [-0.3, -0.25) is 4.79 Å². The maximum absolute atomic E-state index is 12.6. The van der Waals surface area contributed by atoms with Gasteiger partial charge < -0.3 is 0 Å². The highest BCUT2D eigenvalue weighted by Crippen LogP contribution is 2.31. The summed E-state index contributed by atoms with van der Waals surface area (Å²) in [4.78, 5) is 12.5. The number of hydrogen-bond acceptors (Lipinski definition) is 1. The first-order chi connectivity index (χ1) is 9.70. The second-order valence-electron chi connectivity index (χ2n) is 4.82. The van der Waals surface area contributed by atoms with Crippen LogP contribution in [0.4, 0.5) is 13.2 Å². The Morgan fingerprint density at radius 2 is 1.48 bits per heavy atom. The quantitative estimate of drug-likeness (QED) is 0.666. The van der Waals surface area contributed by atoms with Crippen LogP contribution >= 0.6 is 15.9 Å². The molecule has 0 saturated heterocycles. The third-order valence-corrected chi connectivity index (χ3v) is 3.72. The number of ketones is 1. The number of carbonyl (C=O) groups excluding carboxylic acids is 1. The van der Waals surface area contributed by atoms with Crippen LogP contribution in [0.5, 0.6) is 0 Å². The van der Waals surface area contributed by atoms with Crippen LogP contribution in [-0.2, 0) is 6.18 Å². The van der Waals surface area contributed by atoms with Gasteiger partial charge in [0.1, 0.15) is 0 Å². The first-order valence-corrected chi connectivity index (χ1v) is 6.98. The fourth-order valence-corrected chi connectivity index (χ4v) is 2.60. The van der Waals surface area contributed by atoms with Gasteiger partial charge in [0.15, 0.2) is 5.78 Å². The smallest absolute Gasteiger partial charge is 0.289 e. The molecule has 0 heterocycles. The molecule has 0 aromatic heterocycles. The zero-order chi connectivity index (χ0) is 15.8. The molecular formula is C16H12BrF3O. The van der Waals surface area contributed by atoms with Gasteiger partial charge in [0, 0.05) is 15.6 Å². The summed E-state index contributed by atoms with van der Waals surface area (Å²) >= 11 is 3.31. The van der Waals surface area contributed by atoms with E-state index in [1.807, 2.05) is 0 Å². The third kappa shape index (κ3) is 3.35. The van der Waals surface area contributed by atoms with Crippen molar-refractivity contribution in [1.82, 2.24) is 0 Å². The molecule has 5 heteroatoms. The summed E-state index contributed by atoms with van der Waals surface area (Å²) in [7, 11) is 0. The van der Waals surface area contributed by atoms with Crippen molar-refractivity contribution in [2.24, 2.45) is 0 Å². The van der Waals surface area contributed by atoms with Crippen LogP contribution in [0, 0.1) is 13.8 Å². The summed E-state index contributed by atoms with van der Waals surface area (Å²) in [6, 6.07) is 8.38. The Balaban J connectivity index is 2.45. The van der Waals surface area contributed by atoms with Crippen LogP contribution in [0.3, 0.4) is 0 Å². The largest absolute Gasteiger partial charge is 0.416 e. The topological polar surface area (TPSA) is 17.1 Å². The lowest BCUT2D eigenvalue weighted by molar-refractivity contribution is -0.137. The fourth-order valence-electron chi connectivity index (χ4n) is 2.12. The van der Waals surface area contributed by atoms with Gasteiger partial charge in [-0.1, -0.05) is 22.0 Å². The first kappa shape index (κ1) is 15.8. The molecule has 110 valence electrons. The molecule has 0 unspecified atom stereocenters. The van der Waals surface area contributed by atoms with Crippen molar-refractivity contribution in [1.29, 1.82) is 0 Å². The summed E-state index contributed by atoms with van der Waals surface area (Å²) < 4.78 is 38.8. The Bertz CT molecular complexity index is 705. The second-order valence-corrected chi connectivity index (χ2v) is 5.73. The summed E-state index contributed by atoms with van der Waals surface area (Å²) in [6.45, 7) is 3.30. The van der Waals surface area contributed by atoms with E-state index < -0.39 is 11.7 Å². The van der Waals surface area contributed by atoms with E-state index in [1.54, 1.807) is 25.1 Å². The predicted octanol–water partition coefficient (Wildman–Crippen LogP) is 5.32. The summed E-state index contributed by atoms with van der Waals surface area (Å²) in [5.41, 5.74) is 1.12. The Labute approximate surface area is 128 Å². The minimum absolute atomic E-state index is 0.272. The molecule has 0 N–H and O–H groups in total. The van der Waals surface area contributed by atoms with Crippen LogP contribution in [0.1, 0.15) is 32.6 Å². The maximum atomic E-state index is 12.6. The SMILES string of the molecule is Cc1cc(Br)ccc1C(=O)c1ccc(C(F)(F)F)cc1C. The standard InChI is InChI=1S/C16H12BrF3O/c1-9-7-11(16(18,19)20)3-5-13(9)15(21)14-6-4-12(17)8-10(14)2/h3-8H,1-2H3. The number of aryl methyl sites for hydroxylation is 2. The summed E-state index contributed by atoms with van der Waals surface area (Å²) in [6.07, 6.45) is -4.40. The average molecular weight is 357 g/mol. The predicted molar refractivity (Wildman–Crippen MR) is 78.5 cm³/mol. The van der Waals surface area contributed by atoms with Gasteiger partial charge in [0.2, 0.25) is 0 Å². The van der Waals surface area contributed by atoms with Crippen molar-refractivity contribution >= 4 is 21.7 Å².